The number of fused-ring (bicyclic) bond motifs is 1. The number of carbonyl (C=O) groups excluding carboxylic acids is 1. The van der Waals surface area contributed by atoms with E-state index in [0.29, 0.717) is 22.8 Å². The Hall–Kier alpha value is -3.02. The molecule has 6 nitrogen and oxygen atoms in total. The van der Waals surface area contributed by atoms with E-state index < -0.39 is 12.1 Å². The molecule has 0 bridgehead atoms. The predicted molar refractivity (Wildman–Crippen MR) is 80.5 cm³/mol. The molecule has 2 aromatic rings. The molecule has 1 aromatic heterocycles. The van der Waals surface area contributed by atoms with Crippen LogP contribution < -0.4 is 9.47 Å². The first-order chi connectivity index (χ1) is 10.9. The minimum atomic E-state index is -1.07. The standard InChI is InChI=1S/C17H14O6/c1-9-3-4-11(21-9)8-15-16(18)13-6-5-12(7-14(13)23-15)22-10(2)17(19)20/h3-8,10H,1-2H3,(H,19,20)/t10-/m1/s1. The van der Waals surface area contributed by atoms with Gasteiger partial charge in [0, 0.05) is 12.1 Å². The molecule has 0 unspecified atom stereocenters. The number of aryl methyl sites for hydroxylation is 1. The Labute approximate surface area is 131 Å². The monoisotopic (exact) mass is 314 g/mol. The van der Waals surface area contributed by atoms with E-state index in [2.05, 4.69) is 0 Å². The molecule has 0 amide bonds. The first-order valence-corrected chi connectivity index (χ1v) is 6.98. The van der Waals surface area contributed by atoms with E-state index in [1.807, 2.05) is 0 Å². The van der Waals surface area contributed by atoms with E-state index in [9.17, 15) is 9.59 Å². The third-order valence-corrected chi connectivity index (χ3v) is 3.34. The van der Waals surface area contributed by atoms with Crippen molar-refractivity contribution >= 4 is 17.8 Å². The molecule has 3 rings (SSSR count). The molecule has 0 aliphatic carbocycles. The minimum absolute atomic E-state index is 0.151. The molecule has 0 radical (unpaired) electrons. The van der Waals surface area contributed by atoms with Gasteiger partial charge in [-0.15, -0.1) is 0 Å². The molecule has 2 heterocycles. The number of furan rings is 1. The summed E-state index contributed by atoms with van der Waals surface area (Å²) in [5.74, 6) is 0.731. The summed E-state index contributed by atoms with van der Waals surface area (Å²) in [6.45, 7) is 3.23. The van der Waals surface area contributed by atoms with E-state index in [1.165, 1.54) is 19.1 Å². The number of hydrogen-bond acceptors (Lipinski definition) is 5. The van der Waals surface area contributed by atoms with Gasteiger partial charge in [0.2, 0.25) is 5.78 Å². The van der Waals surface area contributed by atoms with Crippen LogP contribution in [0.1, 0.15) is 28.8 Å². The lowest BCUT2D eigenvalue weighted by Gasteiger charge is -2.10. The summed E-state index contributed by atoms with van der Waals surface area (Å²) in [5, 5.41) is 8.86. The van der Waals surface area contributed by atoms with Crippen molar-refractivity contribution in [2.75, 3.05) is 0 Å². The van der Waals surface area contributed by atoms with Gasteiger partial charge in [0.05, 0.1) is 5.56 Å². The quantitative estimate of drug-likeness (QED) is 0.873. The van der Waals surface area contributed by atoms with E-state index in [0.717, 1.165) is 5.76 Å². The van der Waals surface area contributed by atoms with Crippen molar-refractivity contribution in [2.45, 2.75) is 20.0 Å². The van der Waals surface area contributed by atoms with Crippen molar-refractivity contribution in [1.29, 1.82) is 0 Å². The molecular weight excluding hydrogens is 300 g/mol. The van der Waals surface area contributed by atoms with Crippen LogP contribution >= 0.6 is 0 Å². The molecule has 0 fully saturated rings. The Morgan fingerprint density at radius 1 is 1.30 bits per heavy atom. The molecule has 1 aliphatic heterocycles. The highest BCUT2D eigenvalue weighted by Crippen LogP contribution is 2.35. The number of allylic oxidation sites excluding steroid dienone is 1. The molecule has 1 atom stereocenters. The number of rotatable bonds is 4. The number of hydrogen-bond donors (Lipinski definition) is 1. The summed E-state index contributed by atoms with van der Waals surface area (Å²) >= 11 is 0. The third kappa shape index (κ3) is 2.96. The van der Waals surface area contributed by atoms with E-state index in [1.54, 1.807) is 31.2 Å². The van der Waals surface area contributed by atoms with E-state index in [-0.39, 0.29) is 11.5 Å². The van der Waals surface area contributed by atoms with Gasteiger partial charge in [-0.2, -0.15) is 0 Å². The average molecular weight is 314 g/mol. The van der Waals surface area contributed by atoms with Gasteiger partial charge in [0.1, 0.15) is 23.0 Å². The van der Waals surface area contributed by atoms with Crippen molar-refractivity contribution in [3.8, 4) is 11.5 Å². The van der Waals surface area contributed by atoms with Crippen LogP contribution in [0.4, 0.5) is 0 Å². The van der Waals surface area contributed by atoms with Gasteiger partial charge in [-0.3, -0.25) is 4.79 Å². The van der Waals surface area contributed by atoms with Gasteiger partial charge in [0.25, 0.3) is 0 Å². The molecule has 1 aliphatic rings. The Bertz CT molecular complexity index is 814. The molecule has 0 saturated heterocycles. The number of Topliss-reactive ketones (excluding diaryl/α,β-unsaturated/α-hetero) is 1. The number of ether oxygens (including phenoxy) is 2. The highest BCUT2D eigenvalue weighted by atomic mass is 16.5. The summed E-state index contributed by atoms with van der Waals surface area (Å²) in [4.78, 5) is 23.1. The summed E-state index contributed by atoms with van der Waals surface area (Å²) < 4.78 is 16.2. The molecular formula is C17H14O6. The first-order valence-electron chi connectivity index (χ1n) is 6.98. The molecule has 1 aromatic carbocycles. The minimum Gasteiger partial charge on any atom is -0.479 e. The van der Waals surface area contributed by atoms with Crippen LogP contribution in [0.2, 0.25) is 0 Å². The first kappa shape index (κ1) is 14.9. The maximum Gasteiger partial charge on any atom is 0.344 e. The molecule has 23 heavy (non-hydrogen) atoms. The zero-order valence-electron chi connectivity index (χ0n) is 12.5. The van der Waals surface area contributed by atoms with Crippen molar-refractivity contribution in [1.82, 2.24) is 0 Å². The number of benzene rings is 1. The SMILES string of the molecule is Cc1ccc(C=C2Oc3cc(O[C@H](C)C(=O)O)ccc3C2=O)o1. The van der Waals surface area contributed by atoms with Gasteiger partial charge in [0.15, 0.2) is 11.9 Å². The predicted octanol–water partition coefficient (Wildman–Crippen LogP) is 3.06. The summed E-state index contributed by atoms with van der Waals surface area (Å²) in [7, 11) is 0. The van der Waals surface area contributed by atoms with Gasteiger partial charge in [-0.05, 0) is 38.1 Å². The van der Waals surface area contributed by atoms with Crippen molar-refractivity contribution in [3.63, 3.8) is 0 Å². The summed E-state index contributed by atoms with van der Waals surface area (Å²) in [5.41, 5.74) is 0.398. The van der Waals surface area contributed by atoms with Crippen LogP contribution in [-0.4, -0.2) is 23.0 Å². The number of carboxylic acid groups (broad SMARTS) is 1. The number of ketones is 1. The zero-order chi connectivity index (χ0) is 16.6. The Balaban J connectivity index is 1.85. The normalized spacial score (nSPS) is 16.1. The zero-order valence-corrected chi connectivity index (χ0v) is 12.5. The molecule has 1 N–H and O–H groups in total. The molecule has 6 heteroatoms. The van der Waals surface area contributed by atoms with E-state index in [4.69, 9.17) is 19.0 Å². The molecule has 0 saturated carbocycles. The van der Waals surface area contributed by atoms with Crippen LogP contribution in [0.15, 0.2) is 40.5 Å². The van der Waals surface area contributed by atoms with Crippen molar-refractivity contribution in [3.05, 3.63) is 53.2 Å². The lowest BCUT2D eigenvalue weighted by Crippen LogP contribution is -2.22. The van der Waals surface area contributed by atoms with Gasteiger partial charge < -0.3 is 19.0 Å². The lowest BCUT2D eigenvalue weighted by atomic mass is 10.1. The number of carboxylic acids is 1. The van der Waals surface area contributed by atoms with Gasteiger partial charge >= 0.3 is 5.97 Å². The maximum absolute atomic E-state index is 12.3. The van der Waals surface area contributed by atoms with Gasteiger partial charge in [-0.25, -0.2) is 4.79 Å². The number of aliphatic carboxylic acids is 1. The van der Waals surface area contributed by atoms with Crippen LogP contribution in [0.25, 0.3) is 6.08 Å². The highest BCUT2D eigenvalue weighted by molar-refractivity contribution is 6.14. The second kappa shape index (κ2) is 5.64. The molecule has 118 valence electrons. The van der Waals surface area contributed by atoms with Crippen LogP contribution in [0.5, 0.6) is 11.5 Å². The van der Waals surface area contributed by atoms with Crippen molar-refractivity contribution < 1.29 is 28.6 Å². The fraction of sp³-hybridized carbons (Fsp3) is 0.176. The van der Waals surface area contributed by atoms with Crippen LogP contribution in [0.3, 0.4) is 0 Å². The molecule has 0 spiro atoms. The Morgan fingerprint density at radius 2 is 2.09 bits per heavy atom. The van der Waals surface area contributed by atoms with Crippen LogP contribution in [-0.2, 0) is 4.79 Å². The van der Waals surface area contributed by atoms with Gasteiger partial charge in [-0.1, -0.05) is 0 Å². The van der Waals surface area contributed by atoms with E-state index >= 15 is 0 Å². The number of carbonyl (C=O) groups is 2. The highest BCUT2D eigenvalue weighted by Gasteiger charge is 2.28. The Morgan fingerprint density at radius 3 is 2.74 bits per heavy atom. The second-order valence-electron chi connectivity index (χ2n) is 5.14. The fourth-order valence-corrected chi connectivity index (χ4v) is 2.16. The van der Waals surface area contributed by atoms with Crippen molar-refractivity contribution in [2.24, 2.45) is 0 Å². The maximum atomic E-state index is 12.3. The summed E-state index contributed by atoms with van der Waals surface area (Å²) in [6.07, 6.45) is 0.529. The largest absolute Gasteiger partial charge is 0.479 e. The second-order valence-corrected chi connectivity index (χ2v) is 5.14. The lowest BCUT2D eigenvalue weighted by molar-refractivity contribution is -0.144. The topological polar surface area (TPSA) is 86.0 Å². The smallest absolute Gasteiger partial charge is 0.344 e. The fourth-order valence-electron chi connectivity index (χ4n) is 2.16. The summed E-state index contributed by atoms with van der Waals surface area (Å²) in [6, 6.07) is 8.12. The third-order valence-electron chi connectivity index (χ3n) is 3.34. The Kier molecular flexibility index (Phi) is 3.65. The average Bonchev–Trinajstić information content (AvgIpc) is 3.03. The van der Waals surface area contributed by atoms with Crippen LogP contribution in [0, 0.1) is 6.92 Å².